The van der Waals surface area contributed by atoms with Gasteiger partial charge in [-0.3, -0.25) is 9.48 Å². The fourth-order valence-corrected chi connectivity index (χ4v) is 3.36. The molecule has 1 aromatic heterocycles. The van der Waals surface area contributed by atoms with E-state index in [0.29, 0.717) is 0 Å². The number of carbonyl (C=O) groups is 1. The second kappa shape index (κ2) is 9.16. The number of amides is 1. The third-order valence-corrected chi connectivity index (χ3v) is 4.51. The molecule has 3 atom stereocenters. The number of nitrogens with zero attached hydrogens (tertiary/aromatic N) is 2. The van der Waals surface area contributed by atoms with Gasteiger partial charge in [0.15, 0.2) is 0 Å². The van der Waals surface area contributed by atoms with E-state index < -0.39 is 0 Å². The van der Waals surface area contributed by atoms with Gasteiger partial charge in [-0.2, -0.15) is 5.10 Å². The number of halogens is 1. The fourth-order valence-electron chi connectivity index (χ4n) is 3.36. The number of carbonyl (C=O) groups excluding carboxylic acids is 1. The van der Waals surface area contributed by atoms with Crippen molar-refractivity contribution in [3.63, 3.8) is 0 Å². The minimum Gasteiger partial charge on any atom is -0.354 e. The molecule has 3 unspecified atom stereocenters. The van der Waals surface area contributed by atoms with E-state index in [9.17, 15) is 4.79 Å². The zero-order valence-corrected chi connectivity index (χ0v) is 14.7. The highest BCUT2D eigenvalue weighted by Crippen LogP contribution is 2.30. The molecular formula is C16H29ClN4O. The van der Waals surface area contributed by atoms with Crippen LogP contribution in [0.15, 0.2) is 12.4 Å². The quantitative estimate of drug-likeness (QED) is 0.843. The van der Waals surface area contributed by atoms with Crippen molar-refractivity contribution in [2.75, 3.05) is 13.6 Å². The number of hydrogen-bond acceptors (Lipinski definition) is 3. The van der Waals surface area contributed by atoms with Gasteiger partial charge in [-0.1, -0.05) is 26.2 Å². The topological polar surface area (TPSA) is 59.0 Å². The summed E-state index contributed by atoms with van der Waals surface area (Å²) in [6.07, 6.45) is 10.1. The molecule has 1 saturated carbocycles. The SMILES string of the molecule is CNC(C(=O)NCCC1CCCC(C)C1)c1cnn(C)c1.Cl. The van der Waals surface area contributed by atoms with Crippen molar-refractivity contribution in [3.8, 4) is 0 Å². The van der Waals surface area contributed by atoms with E-state index in [1.54, 1.807) is 17.9 Å². The largest absolute Gasteiger partial charge is 0.354 e. The van der Waals surface area contributed by atoms with Crippen LogP contribution >= 0.6 is 12.4 Å². The van der Waals surface area contributed by atoms with Crippen molar-refractivity contribution < 1.29 is 4.79 Å². The summed E-state index contributed by atoms with van der Waals surface area (Å²) in [5.41, 5.74) is 0.906. The Bertz CT molecular complexity index is 463. The van der Waals surface area contributed by atoms with Gasteiger partial charge < -0.3 is 10.6 Å². The fraction of sp³-hybridized carbons (Fsp3) is 0.750. The van der Waals surface area contributed by atoms with Crippen LogP contribution in [0.4, 0.5) is 0 Å². The third kappa shape index (κ3) is 5.29. The van der Waals surface area contributed by atoms with Crippen molar-refractivity contribution in [2.24, 2.45) is 18.9 Å². The molecule has 0 aromatic carbocycles. The Morgan fingerprint density at radius 2 is 2.27 bits per heavy atom. The van der Waals surface area contributed by atoms with Crippen LogP contribution in [0.5, 0.6) is 0 Å². The summed E-state index contributed by atoms with van der Waals surface area (Å²) in [6.45, 7) is 3.11. The lowest BCUT2D eigenvalue weighted by Crippen LogP contribution is -2.37. The molecule has 126 valence electrons. The molecule has 2 N–H and O–H groups in total. The van der Waals surface area contributed by atoms with Gasteiger partial charge in [0.05, 0.1) is 6.20 Å². The van der Waals surface area contributed by atoms with Crippen LogP contribution in [0.1, 0.15) is 50.6 Å². The Balaban J connectivity index is 0.00000242. The number of rotatable bonds is 6. The van der Waals surface area contributed by atoms with E-state index >= 15 is 0 Å². The van der Waals surface area contributed by atoms with Gasteiger partial charge in [-0.15, -0.1) is 12.4 Å². The second-order valence-electron chi connectivity index (χ2n) is 6.39. The number of hydrogen-bond donors (Lipinski definition) is 2. The molecule has 1 aromatic rings. The number of aromatic nitrogens is 2. The van der Waals surface area contributed by atoms with Gasteiger partial charge in [-0.05, 0) is 31.7 Å². The molecule has 0 spiro atoms. The van der Waals surface area contributed by atoms with Gasteiger partial charge >= 0.3 is 0 Å². The lowest BCUT2D eigenvalue weighted by Gasteiger charge is -2.26. The third-order valence-electron chi connectivity index (χ3n) is 4.51. The van der Waals surface area contributed by atoms with Crippen LogP contribution in [-0.4, -0.2) is 29.3 Å². The lowest BCUT2D eigenvalue weighted by molar-refractivity contribution is -0.123. The number of likely N-dealkylation sites (N-methyl/N-ethyl adjacent to an activating group) is 1. The van der Waals surface area contributed by atoms with Crippen molar-refractivity contribution in [1.82, 2.24) is 20.4 Å². The average molecular weight is 329 g/mol. The molecule has 1 aliphatic rings. The van der Waals surface area contributed by atoms with E-state index in [1.165, 1.54) is 25.7 Å². The highest BCUT2D eigenvalue weighted by Gasteiger charge is 2.21. The number of aryl methyl sites for hydroxylation is 1. The standard InChI is InChI=1S/C16H28N4O.ClH/c1-12-5-4-6-13(9-12)7-8-18-16(21)15(17-2)14-10-19-20(3)11-14;/h10-13,15,17H,4-9H2,1-3H3,(H,18,21);1H. The van der Waals surface area contributed by atoms with Gasteiger partial charge in [0, 0.05) is 25.4 Å². The molecule has 1 amide bonds. The monoisotopic (exact) mass is 328 g/mol. The van der Waals surface area contributed by atoms with E-state index in [1.807, 2.05) is 13.2 Å². The minimum absolute atomic E-state index is 0. The van der Waals surface area contributed by atoms with Crippen molar-refractivity contribution in [2.45, 2.75) is 45.1 Å². The first-order valence-corrected chi connectivity index (χ1v) is 8.03. The van der Waals surface area contributed by atoms with Crippen LogP contribution in [0.3, 0.4) is 0 Å². The molecule has 1 fully saturated rings. The van der Waals surface area contributed by atoms with Gasteiger partial charge in [0.1, 0.15) is 6.04 Å². The highest BCUT2D eigenvalue weighted by atomic mass is 35.5. The van der Waals surface area contributed by atoms with Crippen molar-refractivity contribution >= 4 is 18.3 Å². The summed E-state index contributed by atoms with van der Waals surface area (Å²) in [6, 6.07) is -0.316. The molecular weight excluding hydrogens is 300 g/mol. The molecule has 2 rings (SSSR count). The molecule has 5 nitrogen and oxygen atoms in total. The van der Waals surface area contributed by atoms with Gasteiger partial charge in [0.25, 0.3) is 0 Å². The summed E-state index contributed by atoms with van der Waals surface area (Å²) in [4.78, 5) is 12.3. The first-order valence-electron chi connectivity index (χ1n) is 8.03. The lowest BCUT2D eigenvalue weighted by atomic mass is 9.81. The Morgan fingerprint density at radius 1 is 1.50 bits per heavy atom. The summed E-state index contributed by atoms with van der Waals surface area (Å²) >= 11 is 0. The Hall–Kier alpha value is -1.07. The summed E-state index contributed by atoms with van der Waals surface area (Å²) < 4.78 is 1.72. The maximum atomic E-state index is 12.3. The summed E-state index contributed by atoms with van der Waals surface area (Å²) in [7, 11) is 3.67. The molecule has 0 aliphatic heterocycles. The molecule has 1 heterocycles. The van der Waals surface area contributed by atoms with E-state index in [2.05, 4.69) is 22.7 Å². The molecule has 0 bridgehead atoms. The molecule has 22 heavy (non-hydrogen) atoms. The van der Waals surface area contributed by atoms with Crippen LogP contribution in [0.25, 0.3) is 0 Å². The first kappa shape index (κ1) is 19.0. The van der Waals surface area contributed by atoms with Crippen LogP contribution < -0.4 is 10.6 Å². The Kier molecular flexibility index (Phi) is 7.90. The van der Waals surface area contributed by atoms with Crippen LogP contribution in [-0.2, 0) is 11.8 Å². The molecule has 0 saturated heterocycles. The number of nitrogens with one attached hydrogen (secondary N) is 2. The zero-order valence-electron chi connectivity index (χ0n) is 13.8. The highest BCUT2D eigenvalue weighted by molar-refractivity contribution is 5.85. The predicted molar refractivity (Wildman–Crippen MR) is 91.0 cm³/mol. The maximum Gasteiger partial charge on any atom is 0.241 e. The average Bonchev–Trinajstić information content (AvgIpc) is 2.86. The maximum absolute atomic E-state index is 12.3. The normalized spacial score (nSPS) is 22.7. The van der Waals surface area contributed by atoms with Crippen LogP contribution in [0.2, 0.25) is 0 Å². The zero-order chi connectivity index (χ0) is 15.2. The van der Waals surface area contributed by atoms with E-state index in [4.69, 9.17) is 0 Å². The first-order chi connectivity index (χ1) is 10.1. The van der Waals surface area contributed by atoms with Crippen LogP contribution in [0, 0.1) is 11.8 Å². The van der Waals surface area contributed by atoms with E-state index in [0.717, 1.165) is 30.4 Å². The van der Waals surface area contributed by atoms with Crippen molar-refractivity contribution in [1.29, 1.82) is 0 Å². The molecule has 6 heteroatoms. The Morgan fingerprint density at radius 3 is 2.86 bits per heavy atom. The molecule has 1 aliphatic carbocycles. The van der Waals surface area contributed by atoms with Gasteiger partial charge in [0.2, 0.25) is 5.91 Å². The smallest absolute Gasteiger partial charge is 0.241 e. The Labute approximate surface area is 139 Å². The summed E-state index contributed by atoms with van der Waals surface area (Å²) in [5, 5.41) is 10.3. The minimum atomic E-state index is -0.316. The van der Waals surface area contributed by atoms with Gasteiger partial charge in [-0.25, -0.2) is 0 Å². The summed E-state index contributed by atoms with van der Waals surface area (Å²) in [5.74, 6) is 1.66. The molecule has 0 radical (unpaired) electrons. The van der Waals surface area contributed by atoms with E-state index in [-0.39, 0.29) is 24.4 Å². The van der Waals surface area contributed by atoms with Crippen molar-refractivity contribution in [3.05, 3.63) is 18.0 Å². The predicted octanol–water partition coefficient (Wildman–Crippen LogP) is 2.44. The second-order valence-corrected chi connectivity index (χ2v) is 6.39.